The van der Waals surface area contributed by atoms with Gasteiger partial charge in [0.2, 0.25) is 0 Å². The van der Waals surface area contributed by atoms with E-state index in [9.17, 15) is 0 Å². The maximum absolute atomic E-state index is 5.47. The molecule has 1 aromatic carbocycles. The maximum atomic E-state index is 5.47. The Labute approximate surface area is 67.2 Å². The Morgan fingerprint density at radius 1 is 1.45 bits per heavy atom. The lowest BCUT2D eigenvalue weighted by molar-refractivity contribution is 1.05. The average molecular weight is 146 g/mol. The molecule has 0 unspecified atom stereocenters. The van der Waals surface area contributed by atoms with Gasteiger partial charge in [0, 0.05) is 6.54 Å². The van der Waals surface area contributed by atoms with Gasteiger partial charge in [-0.2, -0.15) is 0 Å². The van der Waals surface area contributed by atoms with Gasteiger partial charge in [0.25, 0.3) is 0 Å². The number of benzene rings is 1. The number of nitrogens with two attached hydrogens (primary N) is 1. The maximum Gasteiger partial charge on any atom is 0.0178 e. The van der Waals surface area contributed by atoms with Gasteiger partial charge in [-0.1, -0.05) is 12.1 Å². The van der Waals surface area contributed by atoms with E-state index < -0.39 is 0 Å². The summed E-state index contributed by atoms with van der Waals surface area (Å²) in [6.45, 7) is 0.626. The van der Waals surface area contributed by atoms with E-state index in [-0.39, 0.29) is 0 Å². The molecule has 1 aromatic rings. The zero-order valence-electron chi connectivity index (χ0n) is 6.51. The lowest BCUT2D eigenvalue weighted by Crippen LogP contribution is -1.95. The molecule has 1 aliphatic carbocycles. The second-order valence-electron chi connectivity index (χ2n) is 3.13. The third-order valence-corrected chi connectivity index (χ3v) is 2.15. The molecule has 0 aromatic heterocycles. The van der Waals surface area contributed by atoms with Crippen LogP contribution in [-0.4, -0.2) is 0 Å². The van der Waals surface area contributed by atoms with Gasteiger partial charge in [0.05, 0.1) is 0 Å². The van der Waals surface area contributed by atoms with E-state index in [1.807, 2.05) is 6.07 Å². The largest absolute Gasteiger partial charge is 0.326 e. The van der Waals surface area contributed by atoms with Crippen molar-refractivity contribution >= 4 is 0 Å². The van der Waals surface area contributed by atoms with Crippen molar-refractivity contribution in [2.24, 2.45) is 5.73 Å². The summed E-state index contributed by atoms with van der Waals surface area (Å²) in [4.78, 5) is 0. The number of hydrogen-bond acceptors (Lipinski definition) is 1. The second kappa shape index (κ2) is 2.67. The predicted octanol–water partition coefficient (Wildman–Crippen LogP) is 1.82. The molecule has 0 heterocycles. The van der Waals surface area contributed by atoms with E-state index in [2.05, 4.69) is 18.2 Å². The van der Waals surface area contributed by atoms with E-state index in [0.29, 0.717) is 6.54 Å². The predicted molar refractivity (Wildman–Crippen MR) is 45.1 cm³/mol. The molecule has 11 heavy (non-hydrogen) atoms. The number of hydrogen-bond donors (Lipinski definition) is 1. The van der Waals surface area contributed by atoms with Crippen LogP contribution in [0.1, 0.15) is 29.9 Å². The smallest absolute Gasteiger partial charge is 0.0178 e. The normalized spacial score (nSPS) is 16.8. The van der Waals surface area contributed by atoms with Crippen LogP contribution in [0.2, 0.25) is 0 Å². The summed E-state index contributed by atoms with van der Waals surface area (Å²) in [5.41, 5.74) is 8.01. The van der Waals surface area contributed by atoms with Crippen molar-refractivity contribution in [3.63, 3.8) is 0 Å². The molecular formula is C10H12N. The molecule has 2 rings (SSSR count). The van der Waals surface area contributed by atoms with Gasteiger partial charge in [0.1, 0.15) is 0 Å². The Hall–Kier alpha value is -0.820. The van der Waals surface area contributed by atoms with Crippen molar-refractivity contribution in [1.29, 1.82) is 0 Å². The Morgan fingerprint density at radius 3 is 2.73 bits per heavy atom. The Balaban J connectivity index is 2.19. The van der Waals surface area contributed by atoms with Gasteiger partial charge in [-0.05, 0) is 42.0 Å². The molecular weight excluding hydrogens is 134 g/mol. The van der Waals surface area contributed by atoms with Gasteiger partial charge in [-0.3, -0.25) is 0 Å². The second-order valence-corrected chi connectivity index (χ2v) is 3.13. The third-order valence-electron chi connectivity index (χ3n) is 2.15. The minimum Gasteiger partial charge on any atom is -0.326 e. The highest BCUT2D eigenvalue weighted by molar-refractivity contribution is 5.26. The van der Waals surface area contributed by atoms with Gasteiger partial charge in [-0.15, -0.1) is 0 Å². The van der Waals surface area contributed by atoms with Crippen molar-refractivity contribution in [3.05, 3.63) is 35.4 Å². The topological polar surface area (TPSA) is 26.0 Å². The minimum absolute atomic E-state index is 0.626. The van der Waals surface area contributed by atoms with E-state index in [0.717, 1.165) is 5.92 Å². The van der Waals surface area contributed by atoms with Crippen molar-refractivity contribution in [2.45, 2.75) is 25.3 Å². The van der Waals surface area contributed by atoms with Crippen LogP contribution in [0.25, 0.3) is 0 Å². The molecule has 0 saturated heterocycles. The first-order valence-electron chi connectivity index (χ1n) is 4.11. The molecule has 0 aliphatic heterocycles. The third kappa shape index (κ3) is 1.43. The van der Waals surface area contributed by atoms with Gasteiger partial charge in [-0.25, -0.2) is 0 Å². The molecule has 1 fully saturated rings. The quantitative estimate of drug-likeness (QED) is 0.676. The fraction of sp³-hybridized carbons (Fsp3) is 0.400. The van der Waals surface area contributed by atoms with Crippen LogP contribution >= 0.6 is 0 Å². The molecule has 0 amide bonds. The average Bonchev–Trinajstić information content (AvgIpc) is 2.87. The Morgan fingerprint density at radius 2 is 2.27 bits per heavy atom. The summed E-state index contributed by atoms with van der Waals surface area (Å²) in [7, 11) is 0. The number of rotatable bonds is 2. The zero-order chi connectivity index (χ0) is 7.68. The molecule has 0 atom stereocenters. The van der Waals surface area contributed by atoms with Crippen molar-refractivity contribution in [2.75, 3.05) is 0 Å². The Bertz CT molecular complexity index is 234. The minimum atomic E-state index is 0.626. The fourth-order valence-electron chi connectivity index (χ4n) is 1.24. The van der Waals surface area contributed by atoms with E-state index >= 15 is 0 Å². The lowest BCUT2D eigenvalue weighted by Gasteiger charge is -1.98. The van der Waals surface area contributed by atoms with Gasteiger partial charge in [0.15, 0.2) is 0 Å². The van der Waals surface area contributed by atoms with E-state index in [4.69, 9.17) is 5.73 Å². The highest BCUT2D eigenvalue weighted by atomic mass is 14.5. The van der Waals surface area contributed by atoms with Crippen LogP contribution in [0, 0.1) is 6.07 Å². The molecule has 1 heteroatoms. The molecule has 1 aliphatic rings. The summed E-state index contributed by atoms with van der Waals surface area (Å²) in [5.74, 6) is 0.807. The first kappa shape index (κ1) is 6.86. The van der Waals surface area contributed by atoms with Crippen LogP contribution < -0.4 is 5.73 Å². The van der Waals surface area contributed by atoms with Crippen molar-refractivity contribution in [3.8, 4) is 0 Å². The summed E-state index contributed by atoms with van der Waals surface area (Å²) in [6, 6.07) is 9.53. The molecule has 0 spiro atoms. The van der Waals surface area contributed by atoms with E-state index in [1.54, 1.807) is 0 Å². The van der Waals surface area contributed by atoms with Crippen LogP contribution in [0.5, 0.6) is 0 Å². The van der Waals surface area contributed by atoms with Crippen LogP contribution in [0.3, 0.4) is 0 Å². The first-order valence-corrected chi connectivity index (χ1v) is 4.11. The molecule has 1 radical (unpaired) electrons. The van der Waals surface area contributed by atoms with Crippen molar-refractivity contribution in [1.82, 2.24) is 0 Å². The highest BCUT2D eigenvalue weighted by Gasteiger charge is 2.22. The van der Waals surface area contributed by atoms with Gasteiger partial charge < -0.3 is 5.73 Å². The highest BCUT2D eigenvalue weighted by Crippen LogP contribution is 2.39. The zero-order valence-corrected chi connectivity index (χ0v) is 6.51. The standard InChI is InChI=1S/C10H12N/c11-7-8-1-3-9(4-2-8)10-5-6-10/h1-3,10H,5-7,11H2. The first-order chi connectivity index (χ1) is 5.40. The molecule has 2 N–H and O–H groups in total. The fourth-order valence-corrected chi connectivity index (χ4v) is 1.24. The molecule has 1 saturated carbocycles. The van der Waals surface area contributed by atoms with E-state index in [1.165, 1.54) is 24.0 Å². The summed E-state index contributed by atoms with van der Waals surface area (Å²) < 4.78 is 0. The van der Waals surface area contributed by atoms with Crippen molar-refractivity contribution < 1.29 is 0 Å². The summed E-state index contributed by atoms with van der Waals surface area (Å²) in [5, 5.41) is 0. The lowest BCUT2D eigenvalue weighted by atomic mass is 10.1. The van der Waals surface area contributed by atoms with Crippen LogP contribution in [-0.2, 0) is 6.54 Å². The van der Waals surface area contributed by atoms with Crippen LogP contribution in [0.15, 0.2) is 18.2 Å². The monoisotopic (exact) mass is 146 g/mol. The summed E-state index contributed by atoms with van der Waals surface area (Å²) >= 11 is 0. The Kier molecular flexibility index (Phi) is 1.66. The molecule has 57 valence electrons. The molecule has 0 bridgehead atoms. The molecule has 1 nitrogen and oxygen atoms in total. The summed E-state index contributed by atoms with van der Waals surface area (Å²) in [6.07, 6.45) is 2.69. The van der Waals surface area contributed by atoms with Crippen LogP contribution in [0.4, 0.5) is 0 Å². The SMILES string of the molecule is NCc1c[c]c(C2CC2)cc1. The van der Waals surface area contributed by atoms with Gasteiger partial charge >= 0.3 is 0 Å².